The minimum atomic E-state index is -2.03. The van der Waals surface area contributed by atoms with Gasteiger partial charge in [-0.15, -0.1) is 0 Å². The van der Waals surface area contributed by atoms with Crippen molar-refractivity contribution in [2.24, 2.45) is 44.4 Å². The maximum Gasteiger partial charge on any atom is 0.305 e. The number of primary amides is 1. The normalized spacial score (nSPS) is 19.1. The zero-order valence-corrected chi connectivity index (χ0v) is 52.4. The maximum atomic E-state index is 14.9. The van der Waals surface area contributed by atoms with E-state index in [9.17, 15) is 77.6 Å². The lowest BCUT2D eigenvalue weighted by Crippen LogP contribution is -2.61. The number of aromatic nitrogens is 3. The van der Waals surface area contributed by atoms with Crippen LogP contribution in [0.4, 0.5) is 0 Å². The second-order valence-corrected chi connectivity index (χ2v) is 22.2. The van der Waals surface area contributed by atoms with Crippen LogP contribution in [0, 0.1) is 0 Å². The number of aliphatic carboxylic acids is 1. The van der Waals surface area contributed by atoms with Crippen LogP contribution in [0.2, 0.25) is 0 Å². The molecule has 0 radical (unpaired) electrons. The Morgan fingerprint density at radius 2 is 1.26 bits per heavy atom. The number of nitrogens with one attached hydrogen (secondary N) is 13. The van der Waals surface area contributed by atoms with Crippen molar-refractivity contribution >= 4 is 99.7 Å². The fourth-order valence-corrected chi connectivity index (χ4v) is 9.78. The van der Waals surface area contributed by atoms with E-state index in [0.717, 1.165) is 6.92 Å². The number of benzene rings is 1. The summed E-state index contributed by atoms with van der Waals surface area (Å²) in [6.45, 7) is -0.952. The van der Waals surface area contributed by atoms with Gasteiger partial charge in [-0.3, -0.25) is 72.3 Å². The monoisotopic (exact) mass is 1340 g/mol. The van der Waals surface area contributed by atoms with Gasteiger partial charge in [-0.25, -0.2) is 4.98 Å². The van der Waals surface area contributed by atoms with Crippen molar-refractivity contribution in [2.75, 3.05) is 39.4 Å². The van der Waals surface area contributed by atoms with Crippen LogP contribution >= 0.6 is 0 Å². The van der Waals surface area contributed by atoms with Gasteiger partial charge >= 0.3 is 5.97 Å². The number of para-hydroxylation sites is 1. The van der Waals surface area contributed by atoms with Crippen LogP contribution in [-0.4, -0.2) is 219 Å². The average Bonchev–Trinajstić information content (AvgIpc) is 1.75. The molecule has 1 aliphatic rings. The number of carbonyl (C=O) groups excluding carboxylic acids is 12. The first-order chi connectivity index (χ1) is 45.2. The molecule has 0 bridgehead atoms. The number of imidazole rings is 1. The molecule has 0 aliphatic carbocycles. The second kappa shape index (κ2) is 39.8. The van der Waals surface area contributed by atoms with Gasteiger partial charge in [0.1, 0.15) is 60.4 Å². The Bertz CT molecular complexity index is 3190. The number of aromatic amines is 2. The first-order valence-corrected chi connectivity index (χ1v) is 30.6. The molecule has 522 valence electrons. The number of nitrogens with two attached hydrogens (primary N) is 6. The predicted molar refractivity (Wildman–Crippen MR) is 339 cm³/mol. The summed E-state index contributed by atoms with van der Waals surface area (Å²) >= 11 is 0. The smallest absolute Gasteiger partial charge is 0.305 e. The highest BCUT2D eigenvalue weighted by Gasteiger charge is 2.37. The molecule has 12 amide bonds. The number of aliphatic hydroxyl groups excluding tert-OH is 2. The fraction of sp³-hybridized carbons (Fsp3) is 0.544. The highest BCUT2D eigenvalue weighted by molar-refractivity contribution is 6.00. The van der Waals surface area contributed by atoms with Crippen LogP contribution in [0.1, 0.15) is 95.2 Å². The highest BCUT2D eigenvalue weighted by Crippen LogP contribution is 2.20. The summed E-state index contributed by atoms with van der Waals surface area (Å²) in [5.74, 6) is -14.3. The fourth-order valence-electron chi connectivity index (χ4n) is 9.78. The average molecular weight is 1340 g/mol. The molecule has 0 saturated carbocycles. The Labute approximate surface area is 544 Å². The number of carboxylic acid groups (broad SMARTS) is 1. The molecule has 2 aromatic heterocycles. The van der Waals surface area contributed by atoms with E-state index in [2.05, 4.69) is 83.4 Å². The van der Waals surface area contributed by atoms with Crippen molar-refractivity contribution in [1.82, 2.24) is 73.4 Å². The van der Waals surface area contributed by atoms with E-state index in [0.29, 0.717) is 22.9 Å². The van der Waals surface area contributed by atoms with Crippen LogP contribution in [0.15, 0.2) is 53.0 Å². The van der Waals surface area contributed by atoms with Gasteiger partial charge in [-0.2, -0.15) is 0 Å². The lowest BCUT2D eigenvalue weighted by molar-refractivity contribution is -0.141. The van der Waals surface area contributed by atoms with E-state index in [-0.39, 0.29) is 108 Å². The van der Waals surface area contributed by atoms with Gasteiger partial charge in [0, 0.05) is 68.4 Å². The highest BCUT2D eigenvalue weighted by atomic mass is 16.4. The number of aliphatic hydroxyl groups is 2. The standard InChI is InChI=1S/C57H88N22O16/c1-29(82)70-40-22-44(83)65-17-7-5-13-36(73-50(90)38(20-30-24-68-33-11-3-2-10-32(30)33)75-48(88)35(12-4-6-16-58)74-55(95)43(27-81)79-52(40)92)47(87)72-37(15-9-19-67-57(62)63)49(89)77-41(23-45(84)85)53(93)76-39(21-31-25-64-28-69-31)51(91)78-42(26-80)54(94)71-34(46(59)86)14-8-18-66-56(60)61/h2-3,10-11,24-25,28,34-43,68,80-81H,4-9,12-23,26-27,58H2,1H3,(H2,59,86)(H,64,69)(H,65,83)(H,70,82)(H,71,94)(H,72,87)(H,73,90)(H,74,95)(H,75,88)(H,76,93)(H,77,89)(H,78,91)(H,79,92)(H,84,85)(H4,60,61,66)(H4,62,63,67)/t34-,35-,36-,37-,38-,39-,40-,41-,42-,43-/m0/s1. The van der Waals surface area contributed by atoms with Crippen molar-refractivity contribution in [2.45, 2.75) is 157 Å². The van der Waals surface area contributed by atoms with Crippen LogP contribution in [0.3, 0.4) is 0 Å². The topological polar surface area (TPSA) is 640 Å². The Hall–Kier alpha value is -10.5. The first-order valence-electron chi connectivity index (χ1n) is 30.6. The summed E-state index contributed by atoms with van der Waals surface area (Å²) in [6, 6.07) is -9.39. The van der Waals surface area contributed by atoms with Crippen LogP contribution in [-0.2, 0) is 75.2 Å². The van der Waals surface area contributed by atoms with E-state index in [1.165, 1.54) is 12.5 Å². The molecular weight excluding hydrogens is 1250 g/mol. The molecule has 38 nitrogen and oxygen atoms in total. The van der Waals surface area contributed by atoms with E-state index in [4.69, 9.17) is 34.4 Å². The lowest BCUT2D eigenvalue weighted by Gasteiger charge is -2.28. The number of guanidine groups is 2. The molecule has 1 fully saturated rings. The van der Waals surface area contributed by atoms with Gasteiger partial charge < -0.3 is 118 Å². The molecular formula is C57H88N22O16. The number of H-pyrrole nitrogens is 2. The third kappa shape index (κ3) is 26.9. The number of hydrogen-bond donors (Lipinski definition) is 22. The van der Waals surface area contributed by atoms with Crippen molar-refractivity contribution in [3.05, 3.63) is 54.2 Å². The molecule has 4 rings (SSSR count). The third-order valence-electron chi connectivity index (χ3n) is 14.7. The first kappa shape index (κ1) is 77.0. The van der Waals surface area contributed by atoms with Crippen molar-refractivity contribution in [1.29, 1.82) is 0 Å². The molecule has 1 aliphatic heterocycles. The molecule has 95 heavy (non-hydrogen) atoms. The van der Waals surface area contributed by atoms with Crippen LogP contribution < -0.4 is 92.9 Å². The number of amides is 12. The molecule has 10 atom stereocenters. The van der Waals surface area contributed by atoms with Crippen molar-refractivity contribution < 1.29 is 77.6 Å². The molecule has 38 heteroatoms. The van der Waals surface area contributed by atoms with Crippen LogP contribution in [0.25, 0.3) is 10.9 Å². The minimum Gasteiger partial charge on any atom is -0.481 e. The molecule has 0 unspecified atom stereocenters. The maximum absolute atomic E-state index is 14.9. The SMILES string of the molecule is CC(=O)N[C@H]1CC(=O)NCCCC[C@@H](C(=O)N[C@@H](CCCN=C(N)N)C(=O)N[C@@H](CC(=O)O)C(=O)N[C@@H](Cc2cnc[nH]2)C(=O)N[C@@H](CO)C(=O)N[C@@H](CCCN=C(N)N)C(N)=O)NC(=O)[C@H](Cc2c[nH]c3ccccc23)NC(=O)[C@H](CCCCN)NC(=O)[C@H](CO)NC1=O. The van der Waals surface area contributed by atoms with Gasteiger partial charge in [0.05, 0.1) is 32.4 Å². The zero-order chi connectivity index (χ0) is 70.1. The summed E-state index contributed by atoms with van der Waals surface area (Å²) in [7, 11) is 0. The second-order valence-electron chi connectivity index (χ2n) is 22.2. The number of aliphatic imine (C=N–C) groups is 2. The molecule has 1 aromatic carbocycles. The minimum absolute atomic E-state index is 0.0378. The summed E-state index contributed by atoms with van der Waals surface area (Å²) in [5, 5.41) is 58.3. The molecule has 3 heterocycles. The van der Waals surface area contributed by atoms with Gasteiger partial charge in [0.15, 0.2) is 11.9 Å². The van der Waals surface area contributed by atoms with E-state index in [1.54, 1.807) is 30.5 Å². The molecule has 3 aromatic rings. The summed E-state index contributed by atoms with van der Waals surface area (Å²) < 4.78 is 0. The Morgan fingerprint density at radius 1 is 0.674 bits per heavy atom. The van der Waals surface area contributed by atoms with Gasteiger partial charge in [0.25, 0.3) is 0 Å². The van der Waals surface area contributed by atoms with E-state index < -0.39 is 170 Å². The molecule has 0 spiro atoms. The quantitative estimate of drug-likeness (QED) is 0.0157. The zero-order valence-electron chi connectivity index (χ0n) is 52.4. The van der Waals surface area contributed by atoms with E-state index in [1.807, 2.05) is 0 Å². The number of fused-ring (bicyclic) bond motifs is 1. The van der Waals surface area contributed by atoms with Gasteiger partial charge in [0.2, 0.25) is 70.9 Å². The number of unbranched alkanes of at least 4 members (excludes halogenated alkanes) is 1. The summed E-state index contributed by atoms with van der Waals surface area (Å²) in [6.07, 6.45) is 1.84. The van der Waals surface area contributed by atoms with Crippen molar-refractivity contribution in [3.8, 4) is 0 Å². The summed E-state index contributed by atoms with van der Waals surface area (Å²) in [4.78, 5) is 196. The van der Waals surface area contributed by atoms with Gasteiger partial charge in [-0.1, -0.05) is 18.2 Å². The van der Waals surface area contributed by atoms with Gasteiger partial charge in [-0.05, 0) is 82.4 Å². The Balaban J connectivity index is 1.73. The number of hydrogen-bond acceptors (Lipinski definition) is 19. The number of carboxylic acids is 1. The summed E-state index contributed by atoms with van der Waals surface area (Å²) in [5.41, 5.74) is 34.5. The predicted octanol–water partition coefficient (Wildman–Crippen LogP) is -8.58. The third-order valence-corrected chi connectivity index (χ3v) is 14.7. The number of carbonyl (C=O) groups is 13. The van der Waals surface area contributed by atoms with Crippen molar-refractivity contribution in [3.63, 3.8) is 0 Å². The number of rotatable bonds is 32. The van der Waals surface area contributed by atoms with E-state index >= 15 is 0 Å². The Morgan fingerprint density at radius 3 is 1.88 bits per heavy atom. The Kier molecular flexibility index (Phi) is 32.2. The molecule has 1 saturated heterocycles. The largest absolute Gasteiger partial charge is 0.481 e. The number of nitrogens with zero attached hydrogens (tertiary/aromatic N) is 3. The lowest BCUT2D eigenvalue weighted by atomic mass is 10.0. The van der Waals surface area contributed by atoms with Crippen LogP contribution in [0.5, 0.6) is 0 Å². The molecule has 28 N–H and O–H groups in total.